The molecule has 0 saturated carbocycles. The van der Waals surface area contributed by atoms with E-state index in [1.807, 2.05) is 25.1 Å². The molecule has 14 heteroatoms. The van der Waals surface area contributed by atoms with E-state index in [0.29, 0.717) is 53.9 Å². The number of halogens is 3. The van der Waals surface area contributed by atoms with E-state index in [9.17, 15) is 23.1 Å². The normalized spacial score (nSPS) is 13.2. The minimum Gasteiger partial charge on any atom is -0.394 e. The third-order valence-corrected chi connectivity index (χ3v) is 7.66. The highest BCUT2D eigenvalue weighted by Gasteiger charge is 2.29. The number of aromatic amines is 1. The van der Waals surface area contributed by atoms with Crippen molar-refractivity contribution in [1.29, 1.82) is 5.41 Å². The number of alkyl halides is 3. The molecule has 0 amide bonds. The maximum absolute atomic E-state index is 13.2. The lowest BCUT2D eigenvalue weighted by molar-refractivity contribution is -0.0328. The number of hydrogen-bond donors (Lipinski definition) is 7. The number of aliphatic hydroxyl groups is 1. The van der Waals surface area contributed by atoms with Gasteiger partial charge in [-0.1, -0.05) is 12.1 Å². The zero-order valence-electron chi connectivity index (χ0n) is 24.2. The number of thioether (sulfide) groups is 1. The summed E-state index contributed by atoms with van der Waals surface area (Å²) in [5.74, 6) is -0.0924. The van der Waals surface area contributed by atoms with Gasteiger partial charge in [-0.15, -0.1) is 0 Å². The molecule has 0 aliphatic rings. The molecule has 2 aromatic carbocycles. The summed E-state index contributed by atoms with van der Waals surface area (Å²) in [5, 5.41) is 23.6. The monoisotopic (exact) mass is 630 g/mol. The first kappa shape index (κ1) is 33.1. The van der Waals surface area contributed by atoms with Crippen LogP contribution < -0.4 is 27.8 Å². The molecule has 2 aromatic heterocycles. The number of H-pyrrole nitrogens is 1. The minimum absolute atomic E-state index is 0.00562. The third-order valence-electron chi connectivity index (χ3n) is 6.96. The SMILES string of the molecule is C[C@H](N)CCCc1cc(SC(F)(F)F)cc(-c2cc3cn(-c4ccc([C@H](CO)NCCCNC(=N)N)cc4)c(=O)nc3[nH]2)c1. The molecule has 44 heavy (non-hydrogen) atoms. The molecule has 0 bridgehead atoms. The predicted molar refractivity (Wildman–Crippen MR) is 168 cm³/mol. The number of fused-ring (bicyclic) bond motifs is 1. The predicted octanol–water partition coefficient (Wildman–Crippen LogP) is 4.16. The molecule has 4 aromatic rings. The Kier molecular flexibility index (Phi) is 11.1. The number of aliphatic hydroxyl groups excluding tert-OH is 1. The van der Waals surface area contributed by atoms with Crippen LogP contribution in [0.4, 0.5) is 13.2 Å². The van der Waals surface area contributed by atoms with E-state index in [1.54, 1.807) is 30.5 Å². The third kappa shape index (κ3) is 9.32. The van der Waals surface area contributed by atoms with Crippen LogP contribution >= 0.6 is 11.8 Å². The number of rotatable bonds is 14. The first-order chi connectivity index (χ1) is 20.9. The molecule has 9 N–H and O–H groups in total. The molecular formula is C30H37F3N8O2S. The molecule has 0 spiro atoms. The highest BCUT2D eigenvalue weighted by Crippen LogP contribution is 2.39. The summed E-state index contributed by atoms with van der Waals surface area (Å²) in [6, 6.07) is 13.5. The maximum atomic E-state index is 13.2. The van der Waals surface area contributed by atoms with E-state index in [1.165, 1.54) is 10.6 Å². The zero-order valence-corrected chi connectivity index (χ0v) is 25.1. The molecule has 2 atom stereocenters. The van der Waals surface area contributed by atoms with Gasteiger partial charge in [0.15, 0.2) is 5.96 Å². The number of benzene rings is 2. The molecule has 2 heterocycles. The van der Waals surface area contributed by atoms with E-state index in [2.05, 4.69) is 20.6 Å². The zero-order chi connectivity index (χ0) is 31.9. The first-order valence-corrected chi connectivity index (χ1v) is 15.0. The maximum Gasteiger partial charge on any atom is 0.446 e. The van der Waals surface area contributed by atoms with Crippen LogP contribution in [0.2, 0.25) is 0 Å². The molecule has 0 aliphatic heterocycles. The minimum atomic E-state index is -4.43. The fraction of sp³-hybridized carbons (Fsp3) is 0.367. The van der Waals surface area contributed by atoms with Crippen molar-refractivity contribution in [3.8, 4) is 16.9 Å². The van der Waals surface area contributed by atoms with Crippen molar-refractivity contribution in [3.05, 3.63) is 76.3 Å². The van der Waals surface area contributed by atoms with Crippen LogP contribution in [0.25, 0.3) is 28.0 Å². The van der Waals surface area contributed by atoms with Gasteiger partial charge in [-0.3, -0.25) is 9.98 Å². The van der Waals surface area contributed by atoms with E-state index in [0.717, 1.165) is 24.0 Å². The number of aromatic nitrogens is 3. The largest absolute Gasteiger partial charge is 0.446 e. The lowest BCUT2D eigenvalue weighted by Crippen LogP contribution is -2.33. The second kappa shape index (κ2) is 14.8. The van der Waals surface area contributed by atoms with Crippen LogP contribution in [0.15, 0.2) is 64.4 Å². The van der Waals surface area contributed by atoms with E-state index >= 15 is 0 Å². The van der Waals surface area contributed by atoms with E-state index in [4.69, 9.17) is 16.9 Å². The van der Waals surface area contributed by atoms with Crippen LogP contribution in [-0.4, -0.2) is 56.8 Å². The molecule has 0 saturated heterocycles. The van der Waals surface area contributed by atoms with Gasteiger partial charge in [0, 0.05) is 34.8 Å². The Morgan fingerprint density at radius 1 is 1.16 bits per heavy atom. The topological polar surface area (TPSA) is 171 Å². The Labute approximate surface area is 257 Å². The van der Waals surface area contributed by atoms with Gasteiger partial charge in [0.05, 0.1) is 18.3 Å². The van der Waals surface area contributed by atoms with E-state index < -0.39 is 11.2 Å². The number of hydrogen-bond acceptors (Lipinski definition) is 7. The van der Waals surface area contributed by atoms with E-state index in [-0.39, 0.29) is 41.3 Å². The van der Waals surface area contributed by atoms with Crippen LogP contribution in [-0.2, 0) is 6.42 Å². The average Bonchev–Trinajstić information content (AvgIpc) is 3.36. The summed E-state index contributed by atoms with van der Waals surface area (Å²) in [4.78, 5) is 20.3. The van der Waals surface area contributed by atoms with Gasteiger partial charge in [-0.25, -0.2) is 4.79 Å². The molecule has 0 radical (unpaired) electrons. The number of nitrogens with one attached hydrogen (secondary N) is 4. The van der Waals surface area contributed by atoms with Crippen molar-refractivity contribution >= 4 is 28.8 Å². The van der Waals surface area contributed by atoms with Gasteiger partial charge >= 0.3 is 11.2 Å². The van der Waals surface area contributed by atoms with Crippen molar-refractivity contribution in [1.82, 2.24) is 25.2 Å². The van der Waals surface area contributed by atoms with Gasteiger partial charge < -0.3 is 32.2 Å². The van der Waals surface area contributed by atoms with Crippen molar-refractivity contribution in [2.75, 3.05) is 19.7 Å². The Bertz CT molecular complexity index is 1620. The lowest BCUT2D eigenvalue weighted by atomic mass is 10.0. The number of nitrogens with zero attached hydrogens (tertiary/aromatic N) is 2. The summed E-state index contributed by atoms with van der Waals surface area (Å²) >= 11 is -0.159. The highest BCUT2D eigenvalue weighted by atomic mass is 32.2. The molecule has 0 aliphatic carbocycles. The smallest absolute Gasteiger partial charge is 0.394 e. The Hall–Kier alpha value is -3.85. The molecule has 236 valence electrons. The fourth-order valence-corrected chi connectivity index (χ4v) is 5.52. The van der Waals surface area contributed by atoms with Gasteiger partial charge in [0.1, 0.15) is 5.65 Å². The fourth-order valence-electron chi connectivity index (χ4n) is 4.86. The van der Waals surface area contributed by atoms with Crippen LogP contribution in [0.5, 0.6) is 0 Å². The summed E-state index contributed by atoms with van der Waals surface area (Å²) in [6.07, 6.45) is 4.43. The van der Waals surface area contributed by atoms with Gasteiger partial charge in [-0.2, -0.15) is 18.2 Å². The lowest BCUT2D eigenvalue weighted by Gasteiger charge is -2.17. The summed E-state index contributed by atoms with van der Waals surface area (Å²) in [6.45, 7) is 2.89. The second-order valence-corrected chi connectivity index (χ2v) is 11.8. The van der Waals surface area contributed by atoms with Gasteiger partial charge in [-0.05, 0) is 104 Å². The number of guanidine groups is 1. The Morgan fingerprint density at radius 3 is 2.57 bits per heavy atom. The highest BCUT2D eigenvalue weighted by molar-refractivity contribution is 8.00. The van der Waals surface area contributed by atoms with Crippen molar-refractivity contribution in [2.24, 2.45) is 11.5 Å². The summed E-state index contributed by atoms with van der Waals surface area (Å²) in [5.41, 5.74) is 9.78. The molecule has 0 unspecified atom stereocenters. The second-order valence-electron chi connectivity index (χ2n) is 10.6. The van der Waals surface area contributed by atoms with Crippen LogP contribution in [0, 0.1) is 5.41 Å². The van der Waals surface area contributed by atoms with Gasteiger partial charge in [0.25, 0.3) is 0 Å². The Morgan fingerprint density at radius 2 is 1.91 bits per heavy atom. The first-order valence-electron chi connectivity index (χ1n) is 14.2. The van der Waals surface area contributed by atoms with Crippen LogP contribution in [0.1, 0.15) is 43.4 Å². The molecule has 10 nitrogen and oxygen atoms in total. The standard InChI is InChI=1S/C30H37F3N8O2S/c1-18(34)4-2-5-19-12-21(14-24(13-19)44-30(31,32)33)25-15-22-16-41(29(43)40-27(22)39-25)23-8-6-20(7-9-23)26(17-42)37-10-3-11-38-28(35)36/h6-9,12-16,18,26,37,42H,2-5,10-11,17,34H2,1H3,(H4,35,36,38)(H,39,40,43)/t18-,26-/m0/s1. The molecule has 0 fully saturated rings. The van der Waals surface area contributed by atoms with Gasteiger partial charge in [0.2, 0.25) is 0 Å². The van der Waals surface area contributed by atoms with Crippen molar-refractivity contribution < 1.29 is 18.3 Å². The molecular weight excluding hydrogens is 593 g/mol. The molecule has 4 rings (SSSR count). The summed E-state index contributed by atoms with van der Waals surface area (Å²) < 4.78 is 41.1. The van der Waals surface area contributed by atoms with Crippen molar-refractivity contribution in [3.63, 3.8) is 0 Å². The Balaban J connectivity index is 1.56. The summed E-state index contributed by atoms with van der Waals surface area (Å²) in [7, 11) is 0. The number of aryl methyl sites for hydroxylation is 1. The average molecular weight is 631 g/mol. The van der Waals surface area contributed by atoms with Crippen LogP contribution in [0.3, 0.4) is 0 Å². The quantitative estimate of drug-likeness (QED) is 0.0471. The number of nitrogens with two attached hydrogens (primary N) is 2. The van der Waals surface area contributed by atoms with Crippen molar-refractivity contribution in [2.45, 2.75) is 55.1 Å².